The van der Waals surface area contributed by atoms with E-state index in [4.69, 9.17) is 5.11 Å². The molecule has 2 aliphatic rings. The summed E-state index contributed by atoms with van der Waals surface area (Å²) in [7, 11) is 0. The lowest BCUT2D eigenvalue weighted by Gasteiger charge is -2.37. The molecule has 1 N–H and O–H groups in total. The number of hydrogen-bond donors (Lipinski definition) is 1. The lowest BCUT2D eigenvalue weighted by Crippen LogP contribution is -2.47. The first-order valence-electron chi connectivity index (χ1n) is 6.78. The Kier molecular flexibility index (Phi) is 3.01. The van der Waals surface area contributed by atoms with Gasteiger partial charge < -0.3 is 10.0 Å². The normalized spacial score (nSPS) is 26.3. The molecule has 0 unspecified atom stereocenters. The highest BCUT2D eigenvalue weighted by atomic mass is 16.4. The van der Waals surface area contributed by atoms with Crippen LogP contribution in [-0.2, 0) is 11.2 Å². The van der Waals surface area contributed by atoms with Crippen molar-refractivity contribution in [1.82, 2.24) is 4.90 Å². The molecular formula is C15H17NO3. The van der Waals surface area contributed by atoms with E-state index in [0.717, 1.165) is 30.4 Å². The van der Waals surface area contributed by atoms with E-state index in [2.05, 4.69) is 0 Å². The van der Waals surface area contributed by atoms with Crippen molar-refractivity contribution in [2.45, 2.75) is 31.7 Å². The molecule has 2 heterocycles. The molecule has 0 aliphatic carbocycles. The first-order valence-corrected chi connectivity index (χ1v) is 6.78. The van der Waals surface area contributed by atoms with Crippen LogP contribution in [-0.4, -0.2) is 34.5 Å². The minimum absolute atomic E-state index is 0.00375. The monoisotopic (exact) mass is 259 g/mol. The number of aliphatic carboxylic acids is 1. The fraction of sp³-hybridized carbons (Fsp3) is 0.467. The minimum atomic E-state index is -0.788. The zero-order valence-electron chi connectivity index (χ0n) is 10.7. The number of piperidine rings is 1. The van der Waals surface area contributed by atoms with Crippen molar-refractivity contribution in [2.24, 2.45) is 5.92 Å². The molecule has 3 rings (SSSR count). The van der Waals surface area contributed by atoms with Crippen LogP contribution in [0.1, 0.15) is 35.2 Å². The Morgan fingerprint density at radius 2 is 2.00 bits per heavy atom. The highest BCUT2D eigenvalue weighted by Gasteiger charge is 2.37. The number of carbonyl (C=O) groups is 2. The smallest absolute Gasteiger partial charge is 0.308 e. The second-order valence-electron chi connectivity index (χ2n) is 5.42. The van der Waals surface area contributed by atoms with Crippen molar-refractivity contribution >= 4 is 11.9 Å². The van der Waals surface area contributed by atoms with Crippen LogP contribution in [0.5, 0.6) is 0 Å². The van der Waals surface area contributed by atoms with Crippen molar-refractivity contribution in [3.63, 3.8) is 0 Å². The second-order valence-corrected chi connectivity index (χ2v) is 5.42. The van der Waals surface area contributed by atoms with E-state index in [1.54, 1.807) is 4.90 Å². The van der Waals surface area contributed by atoms with Gasteiger partial charge in [0.1, 0.15) is 0 Å². The Hall–Kier alpha value is -1.84. The fourth-order valence-electron chi connectivity index (χ4n) is 3.20. The lowest BCUT2D eigenvalue weighted by molar-refractivity contribution is -0.143. The van der Waals surface area contributed by atoms with Gasteiger partial charge in [-0.15, -0.1) is 0 Å². The highest BCUT2D eigenvalue weighted by Crippen LogP contribution is 2.30. The summed E-state index contributed by atoms with van der Waals surface area (Å²) in [6.07, 6.45) is 3.33. The number of nitrogens with zero attached hydrogens (tertiary/aromatic N) is 1. The number of carboxylic acids is 1. The summed E-state index contributed by atoms with van der Waals surface area (Å²) in [6, 6.07) is 7.88. The molecule has 1 saturated heterocycles. The van der Waals surface area contributed by atoms with E-state index in [9.17, 15) is 9.59 Å². The number of amides is 1. The number of carboxylic acid groups (broad SMARTS) is 1. The quantitative estimate of drug-likeness (QED) is 0.838. The molecule has 0 aromatic heterocycles. The van der Waals surface area contributed by atoms with Crippen LogP contribution >= 0.6 is 0 Å². The molecule has 0 saturated carbocycles. The van der Waals surface area contributed by atoms with Gasteiger partial charge >= 0.3 is 5.97 Å². The van der Waals surface area contributed by atoms with E-state index in [1.807, 2.05) is 24.3 Å². The third-order valence-electron chi connectivity index (χ3n) is 4.31. The molecule has 0 radical (unpaired) electrons. The third-order valence-corrected chi connectivity index (χ3v) is 4.31. The van der Waals surface area contributed by atoms with Gasteiger partial charge in [-0.05, 0) is 37.3 Å². The molecule has 2 aliphatic heterocycles. The van der Waals surface area contributed by atoms with Crippen LogP contribution < -0.4 is 0 Å². The predicted octanol–water partition coefficient (Wildman–Crippen LogP) is 1.94. The summed E-state index contributed by atoms with van der Waals surface area (Å²) in [5.74, 6) is -1.20. The Bertz CT molecular complexity index is 526. The average molecular weight is 259 g/mol. The number of hydrogen-bond acceptors (Lipinski definition) is 2. The van der Waals surface area contributed by atoms with Gasteiger partial charge in [0.2, 0.25) is 0 Å². The van der Waals surface area contributed by atoms with E-state index in [1.165, 1.54) is 0 Å². The second kappa shape index (κ2) is 4.68. The van der Waals surface area contributed by atoms with Gasteiger partial charge in [-0.1, -0.05) is 18.2 Å². The molecule has 0 bridgehead atoms. The molecule has 4 nitrogen and oxygen atoms in total. The Morgan fingerprint density at radius 1 is 1.21 bits per heavy atom. The summed E-state index contributed by atoms with van der Waals surface area (Å²) in [5, 5.41) is 9.14. The molecule has 2 atom stereocenters. The summed E-state index contributed by atoms with van der Waals surface area (Å²) in [5.41, 5.74) is 1.84. The molecule has 0 spiro atoms. The maximum atomic E-state index is 12.6. The van der Waals surface area contributed by atoms with Crippen LogP contribution in [0.25, 0.3) is 0 Å². The molecule has 19 heavy (non-hydrogen) atoms. The summed E-state index contributed by atoms with van der Waals surface area (Å²) < 4.78 is 0. The van der Waals surface area contributed by atoms with Gasteiger partial charge in [0, 0.05) is 18.2 Å². The largest absolute Gasteiger partial charge is 0.481 e. The summed E-state index contributed by atoms with van der Waals surface area (Å²) in [4.78, 5) is 25.5. The Morgan fingerprint density at radius 3 is 2.79 bits per heavy atom. The highest BCUT2D eigenvalue weighted by molar-refractivity contribution is 5.96. The SMILES string of the molecule is O=C(O)[C@H]1CC[C@@H]2CCc3ccccc3C(=O)N2C1. The standard InChI is InChI=1S/C15H17NO3/c17-14-13-4-2-1-3-10(13)5-7-12-8-6-11(15(18)19)9-16(12)14/h1-4,11-12H,5-9H2,(H,18,19)/t11-,12-/m0/s1. The van der Waals surface area contributed by atoms with Crippen molar-refractivity contribution in [2.75, 3.05) is 6.54 Å². The molecule has 1 aromatic rings. The maximum Gasteiger partial charge on any atom is 0.308 e. The Balaban J connectivity index is 1.92. The van der Waals surface area contributed by atoms with Crippen LogP contribution in [0.15, 0.2) is 24.3 Å². The first kappa shape index (κ1) is 12.2. The van der Waals surface area contributed by atoms with Crippen molar-refractivity contribution in [1.29, 1.82) is 0 Å². The Labute approximate surface area is 112 Å². The van der Waals surface area contributed by atoms with Crippen molar-refractivity contribution < 1.29 is 14.7 Å². The van der Waals surface area contributed by atoms with Crippen LogP contribution in [0, 0.1) is 5.92 Å². The molecule has 1 fully saturated rings. The van der Waals surface area contributed by atoms with Crippen LogP contribution in [0.4, 0.5) is 0 Å². The van der Waals surface area contributed by atoms with Crippen LogP contribution in [0.2, 0.25) is 0 Å². The van der Waals surface area contributed by atoms with Crippen molar-refractivity contribution in [3.05, 3.63) is 35.4 Å². The van der Waals surface area contributed by atoms with Crippen molar-refractivity contribution in [3.8, 4) is 0 Å². The zero-order chi connectivity index (χ0) is 13.4. The van der Waals surface area contributed by atoms with Gasteiger partial charge in [0.15, 0.2) is 0 Å². The molecule has 1 amide bonds. The number of aryl methyl sites for hydroxylation is 1. The number of benzene rings is 1. The minimum Gasteiger partial charge on any atom is -0.481 e. The third kappa shape index (κ3) is 2.11. The zero-order valence-corrected chi connectivity index (χ0v) is 10.7. The molecule has 1 aromatic carbocycles. The average Bonchev–Trinajstić information content (AvgIpc) is 2.57. The van der Waals surface area contributed by atoms with E-state index in [-0.39, 0.29) is 11.9 Å². The fourth-order valence-corrected chi connectivity index (χ4v) is 3.20. The number of fused-ring (bicyclic) bond motifs is 2. The summed E-state index contributed by atoms with van der Waals surface area (Å²) in [6.45, 7) is 0.354. The van der Waals surface area contributed by atoms with E-state index in [0.29, 0.717) is 13.0 Å². The molecule has 100 valence electrons. The first-order chi connectivity index (χ1) is 9.16. The van der Waals surface area contributed by atoms with Gasteiger partial charge in [-0.2, -0.15) is 0 Å². The topological polar surface area (TPSA) is 57.6 Å². The van der Waals surface area contributed by atoms with Gasteiger partial charge in [0.05, 0.1) is 5.92 Å². The predicted molar refractivity (Wildman–Crippen MR) is 69.9 cm³/mol. The van der Waals surface area contributed by atoms with E-state index >= 15 is 0 Å². The molecular weight excluding hydrogens is 242 g/mol. The van der Waals surface area contributed by atoms with E-state index < -0.39 is 11.9 Å². The lowest BCUT2D eigenvalue weighted by atomic mass is 9.91. The van der Waals surface area contributed by atoms with Gasteiger partial charge in [0.25, 0.3) is 5.91 Å². The van der Waals surface area contributed by atoms with Gasteiger partial charge in [-0.25, -0.2) is 0 Å². The van der Waals surface area contributed by atoms with Gasteiger partial charge in [-0.3, -0.25) is 9.59 Å². The maximum absolute atomic E-state index is 12.6. The number of carbonyl (C=O) groups excluding carboxylic acids is 1. The van der Waals surface area contributed by atoms with Crippen LogP contribution in [0.3, 0.4) is 0 Å². The molecule has 4 heteroatoms. The number of rotatable bonds is 1. The summed E-state index contributed by atoms with van der Waals surface area (Å²) >= 11 is 0.